The molecular weight excluding hydrogens is 376 g/mol. The molecule has 0 bridgehead atoms. The SMILES string of the molecule is CCCC(O[SiH2]CCCC[SiH2]OC(CCC)(C(C)C)C(C)C)(C(C)C)C(C)C. The molecule has 2 nitrogen and oxygen atoms in total. The van der Waals surface area contributed by atoms with Crippen molar-refractivity contribution in [3.63, 3.8) is 0 Å². The molecule has 0 fully saturated rings. The maximum absolute atomic E-state index is 6.67. The van der Waals surface area contributed by atoms with E-state index in [1.165, 1.54) is 50.6 Å². The van der Waals surface area contributed by atoms with Gasteiger partial charge in [0.05, 0.1) is 11.2 Å². The minimum atomic E-state index is -0.420. The average molecular weight is 431 g/mol. The van der Waals surface area contributed by atoms with Gasteiger partial charge in [-0.25, -0.2) is 0 Å². The Labute approximate surface area is 183 Å². The molecule has 0 aromatic heterocycles. The summed E-state index contributed by atoms with van der Waals surface area (Å²) in [5.74, 6) is 2.44. The minimum Gasteiger partial charge on any atom is -0.418 e. The molecule has 0 N–H and O–H groups in total. The van der Waals surface area contributed by atoms with E-state index in [2.05, 4.69) is 69.2 Å². The number of unbranched alkanes of at least 4 members (excludes halogenated alkanes) is 1. The summed E-state index contributed by atoms with van der Waals surface area (Å²) in [5, 5.41) is 0. The van der Waals surface area contributed by atoms with Crippen LogP contribution >= 0.6 is 0 Å². The lowest BCUT2D eigenvalue weighted by molar-refractivity contribution is -0.0282. The van der Waals surface area contributed by atoms with Crippen LogP contribution in [0.3, 0.4) is 0 Å². The van der Waals surface area contributed by atoms with Gasteiger partial charge in [-0.15, -0.1) is 0 Å². The largest absolute Gasteiger partial charge is 0.418 e. The van der Waals surface area contributed by atoms with Gasteiger partial charge in [-0.3, -0.25) is 0 Å². The monoisotopic (exact) mass is 430 g/mol. The first-order chi connectivity index (χ1) is 13.1. The second-order valence-electron chi connectivity index (χ2n) is 10.1. The zero-order chi connectivity index (χ0) is 21.8. The van der Waals surface area contributed by atoms with E-state index in [1.54, 1.807) is 0 Å². The molecule has 28 heavy (non-hydrogen) atoms. The summed E-state index contributed by atoms with van der Waals surface area (Å²) in [6.45, 7) is 23.4. The van der Waals surface area contributed by atoms with Gasteiger partial charge in [0.25, 0.3) is 0 Å². The Morgan fingerprint density at radius 1 is 0.571 bits per heavy atom. The van der Waals surface area contributed by atoms with E-state index in [1.807, 2.05) is 0 Å². The van der Waals surface area contributed by atoms with E-state index >= 15 is 0 Å². The summed E-state index contributed by atoms with van der Waals surface area (Å²) in [7, 11) is -0.839. The molecule has 170 valence electrons. The van der Waals surface area contributed by atoms with Gasteiger partial charge in [0.15, 0.2) is 19.5 Å². The second-order valence-corrected chi connectivity index (χ2v) is 12.9. The molecule has 0 radical (unpaired) electrons. The molecule has 0 saturated carbocycles. The second kappa shape index (κ2) is 14.4. The van der Waals surface area contributed by atoms with Crippen LogP contribution in [0.1, 0.15) is 108 Å². The van der Waals surface area contributed by atoms with Crippen molar-refractivity contribution in [3.8, 4) is 0 Å². The predicted molar refractivity (Wildman–Crippen MR) is 133 cm³/mol. The van der Waals surface area contributed by atoms with Gasteiger partial charge in [-0.2, -0.15) is 0 Å². The highest BCUT2D eigenvalue weighted by molar-refractivity contribution is 6.28. The number of rotatable bonds is 17. The maximum atomic E-state index is 6.67. The molecule has 0 rings (SSSR count). The zero-order valence-corrected chi connectivity index (χ0v) is 24.0. The lowest BCUT2D eigenvalue weighted by atomic mass is 9.77. The van der Waals surface area contributed by atoms with E-state index in [0.29, 0.717) is 23.7 Å². The van der Waals surface area contributed by atoms with E-state index < -0.39 is 19.5 Å². The lowest BCUT2D eigenvalue weighted by Crippen LogP contribution is -2.44. The van der Waals surface area contributed by atoms with Crippen LogP contribution in [-0.2, 0) is 8.85 Å². The smallest absolute Gasteiger partial charge is 0.162 e. The highest BCUT2D eigenvalue weighted by Crippen LogP contribution is 2.36. The Morgan fingerprint density at radius 3 is 1.07 bits per heavy atom. The molecule has 0 aliphatic carbocycles. The third kappa shape index (κ3) is 8.24. The van der Waals surface area contributed by atoms with Crippen molar-refractivity contribution in [1.82, 2.24) is 0 Å². The van der Waals surface area contributed by atoms with Crippen LogP contribution in [0.15, 0.2) is 0 Å². The lowest BCUT2D eigenvalue weighted by Gasteiger charge is -2.42. The molecule has 0 unspecified atom stereocenters. The van der Waals surface area contributed by atoms with Crippen LogP contribution in [0.5, 0.6) is 0 Å². The first kappa shape index (κ1) is 28.4. The fraction of sp³-hybridized carbons (Fsp3) is 1.00. The van der Waals surface area contributed by atoms with E-state index in [9.17, 15) is 0 Å². The zero-order valence-electron chi connectivity index (χ0n) is 21.2. The van der Waals surface area contributed by atoms with Gasteiger partial charge < -0.3 is 8.85 Å². The van der Waals surface area contributed by atoms with Gasteiger partial charge >= 0.3 is 0 Å². The molecule has 0 atom stereocenters. The molecule has 0 spiro atoms. The summed E-state index contributed by atoms with van der Waals surface area (Å²) < 4.78 is 13.3. The van der Waals surface area contributed by atoms with Crippen molar-refractivity contribution in [2.45, 2.75) is 131 Å². The molecule has 4 heteroatoms. The van der Waals surface area contributed by atoms with E-state index in [4.69, 9.17) is 8.85 Å². The van der Waals surface area contributed by atoms with Gasteiger partial charge in [0.1, 0.15) is 0 Å². The van der Waals surface area contributed by atoms with Gasteiger partial charge in [-0.1, -0.05) is 94.9 Å². The van der Waals surface area contributed by atoms with Crippen molar-refractivity contribution in [3.05, 3.63) is 0 Å². The third-order valence-electron chi connectivity index (χ3n) is 6.97. The Kier molecular flexibility index (Phi) is 14.6. The van der Waals surface area contributed by atoms with E-state index in [0.717, 1.165) is 0 Å². The van der Waals surface area contributed by atoms with Gasteiger partial charge in [0.2, 0.25) is 0 Å². The van der Waals surface area contributed by atoms with Crippen molar-refractivity contribution >= 4 is 19.5 Å². The van der Waals surface area contributed by atoms with Gasteiger partial charge in [-0.05, 0) is 48.6 Å². The highest BCUT2D eigenvalue weighted by atomic mass is 28.2. The molecule has 0 amide bonds. The Bertz CT molecular complexity index is 329. The molecule has 0 saturated heterocycles. The molecule has 0 aromatic rings. The summed E-state index contributed by atoms with van der Waals surface area (Å²) >= 11 is 0. The van der Waals surface area contributed by atoms with E-state index in [-0.39, 0.29) is 11.2 Å². The third-order valence-corrected chi connectivity index (χ3v) is 10.0. The van der Waals surface area contributed by atoms with Crippen molar-refractivity contribution in [2.24, 2.45) is 23.7 Å². The normalized spacial score (nSPS) is 14.4. The summed E-state index contributed by atoms with van der Waals surface area (Å²) in [4.78, 5) is 0. The first-order valence-electron chi connectivity index (χ1n) is 12.4. The summed E-state index contributed by atoms with van der Waals surface area (Å²) in [6, 6.07) is 2.65. The molecule has 0 aliphatic heterocycles. The molecule has 0 aliphatic rings. The summed E-state index contributed by atoms with van der Waals surface area (Å²) in [5.41, 5.74) is 0.236. The topological polar surface area (TPSA) is 18.5 Å². The Morgan fingerprint density at radius 2 is 0.857 bits per heavy atom. The Balaban J connectivity index is 4.30. The average Bonchev–Trinajstić information content (AvgIpc) is 2.60. The van der Waals surface area contributed by atoms with Crippen LogP contribution in [0.4, 0.5) is 0 Å². The molecule has 0 aromatic carbocycles. The standard InChI is InChI=1S/C24H54O2Si2/c1-11-15-23(19(3)4,20(5)6)25-27-17-13-14-18-28-26-24(16-12-2,21(7)8)22(9)10/h19-22H,11-18,27-28H2,1-10H3. The number of hydrogen-bond donors (Lipinski definition) is 0. The van der Waals surface area contributed by atoms with Crippen LogP contribution in [0, 0.1) is 23.7 Å². The summed E-state index contributed by atoms with van der Waals surface area (Å²) in [6.07, 6.45) is 7.54. The van der Waals surface area contributed by atoms with Crippen molar-refractivity contribution < 1.29 is 8.85 Å². The molecular formula is C24H54O2Si2. The van der Waals surface area contributed by atoms with Crippen molar-refractivity contribution in [2.75, 3.05) is 0 Å². The fourth-order valence-corrected chi connectivity index (χ4v) is 8.95. The van der Waals surface area contributed by atoms with Crippen molar-refractivity contribution in [1.29, 1.82) is 0 Å². The minimum absolute atomic E-state index is 0.118. The van der Waals surface area contributed by atoms with Crippen LogP contribution in [-0.4, -0.2) is 30.7 Å². The van der Waals surface area contributed by atoms with Crippen LogP contribution < -0.4 is 0 Å². The predicted octanol–water partition coefficient (Wildman–Crippen LogP) is 6.51. The van der Waals surface area contributed by atoms with Crippen LogP contribution in [0.25, 0.3) is 0 Å². The van der Waals surface area contributed by atoms with Crippen LogP contribution in [0.2, 0.25) is 12.1 Å². The number of hydrogen-bond acceptors (Lipinski definition) is 2. The quantitative estimate of drug-likeness (QED) is 0.193. The maximum Gasteiger partial charge on any atom is 0.162 e. The highest BCUT2D eigenvalue weighted by Gasteiger charge is 2.37. The first-order valence-corrected chi connectivity index (χ1v) is 15.5. The fourth-order valence-electron chi connectivity index (χ4n) is 5.16. The van der Waals surface area contributed by atoms with Gasteiger partial charge in [0, 0.05) is 0 Å². The Hall–Kier alpha value is 0.354. The molecule has 0 heterocycles.